The summed E-state index contributed by atoms with van der Waals surface area (Å²) in [7, 11) is 3.30. The van der Waals surface area contributed by atoms with Gasteiger partial charge in [-0.25, -0.2) is 0 Å². The standard InChI is InChI=1S/C15H23NO3/c1-4-5-7-19-8-6-16-12-13-9-14(17-2)11-15(10-13)18-3/h4,9-11,16H,1,5-8,12H2,2-3H3. The second kappa shape index (κ2) is 9.42. The Morgan fingerprint density at radius 3 is 2.37 bits per heavy atom. The van der Waals surface area contributed by atoms with E-state index in [2.05, 4.69) is 11.9 Å². The molecule has 0 aliphatic heterocycles. The second-order valence-electron chi connectivity index (χ2n) is 4.09. The minimum absolute atomic E-state index is 0.703. The van der Waals surface area contributed by atoms with E-state index in [0.717, 1.165) is 43.2 Å². The van der Waals surface area contributed by atoms with Crippen molar-refractivity contribution < 1.29 is 14.2 Å². The Hall–Kier alpha value is -1.52. The van der Waals surface area contributed by atoms with E-state index < -0.39 is 0 Å². The average Bonchev–Trinajstić information content (AvgIpc) is 2.45. The molecule has 0 bridgehead atoms. The van der Waals surface area contributed by atoms with Crippen LogP contribution in [0.5, 0.6) is 11.5 Å². The highest BCUT2D eigenvalue weighted by molar-refractivity contribution is 5.38. The van der Waals surface area contributed by atoms with Gasteiger partial charge in [0, 0.05) is 19.2 Å². The molecule has 0 fully saturated rings. The quantitative estimate of drug-likeness (QED) is 0.521. The summed E-state index contributed by atoms with van der Waals surface area (Å²) in [5, 5.41) is 3.32. The van der Waals surface area contributed by atoms with Gasteiger partial charge in [-0.1, -0.05) is 6.08 Å². The molecule has 106 valence electrons. The van der Waals surface area contributed by atoms with Gasteiger partial charge in [0.2, 0.25) is 0 Å². The Labute approximate surface area is 115 Å². The lowest BCUT2D eigenvalue weighted by molar-refractivity contribution is 0.140. The van der Waals surface area contributed by atoms with Crippen molar-refractivity contribution >= 4 is 0 Å². The van der Waals surface area contributed by atoms with E-state index in [0.29, 0.717) is 6.61 Å². The monoisotopic (exact) mass is 265 g/mol. The summed E-state index contributed by atoms with van der Waals surface area (Å²) in [4.78, 5) is 0. The first-order valence-electron chi connectivity index (χ1n) is 6.41. The van der Waals surface area contributed by atoms with Crippen molar-refractivity contribution in [3.8, 4) is 11.5 Å². The first kappa shape index (κ1) is 15.5. The Morgan fingerprint density at radius 1 is 1.11 bits per heavy atom. The van der Waals surface area contributed by atoms with Crippen molar-refractivity contribution in [1.82, 2.24) is 5.32 Å². The lowest BCUT2D eigenvalue weighted by Gasteiger charge is -2.09. The summed E-state index contributed by atoms with van der Waals surface area (Å²) in [6.07, 6.45) is 2.75. The van der Waals surface area contributed by atoms with E-state index in [1.807, 2.05) is 24.3 Å². The fraction of sp³-hybridized carbons (Fsp3) is 0.467. The van der Waals surface area contributed by atoms with E-state index in [9.17, 15) is 0 Å². The van der Waals surface area contributed by atoms with E-state index in [1.54, 1.807) is 14.2 Å². The van der Waals surface area contributed by atoms with Crippen molar-refractivity contribution in [1.29, 1.82) is 0 Å². The lowest BCUT2D eigenvalue weighted by atomic mass is 10.2. The summed E-state index contributed by atoms with van der Waals surface area (Å²) in [5.41, 5.74) is 1.13. The normalized spacial score (nSPS) is 10.2. The minimum atomic E-state index is 0.703. The molecule has 19 heavy (non-hydrogen) atoms. The van der Waals surface area contributed by atoms with Crippen LogP contribution >= 0.6 is 0 Å². The number of hydrogen-bond acceptors (Lipinski definition) is 4. The zero-order valence-corrected chi connectivity index (χ0v) is 11.8. The third-order valence-electron chi connectivity index (χ3n) is 2.63. The number of ether oxygens (including phenoxy) is 3. The Kier molecular flexibility index (Phi) is 7.70. The zero-order valence-electron chi connectivity index (χ0n) is 11.8. The van der Waals surface area contributed by atoms with Gasteiger partial charge in [-0.2, -0.15) is 0 Å². The SMILES string of the molecule is C=CCCOCCNCc1cc(OC)cc(OC)c1. The van der Waals surface area contributed by atoms with Gasteiger partial charge in [-0.3, -0.25) is 0 Å². The number of hydrogen-bond donors (Lipinski definition) is 1. The molecule has 1 aromatic carbocycles. The number of nitrogens with one attached hydrogen (secondary N) is 1. The van der Waals surface area contributed by atoms with E-state index in [1.165, 1.54) is 0 Å². The molecule has 0 aliphatic rings. The maximum Gasteiger partial charge on any atom is 0.122 e. The molecule has 4 nitrogen and oxygen atoms in total. The predicted octanol–water partition coefficient (Wildman–Crippen LogP) is 2.39. The maximum atomic E-state index is 5.42. The van der Waals surface area contributed by atoms with E-state index >= 15 is 0 Å². The van der Waals surface area contributed by atoms with Gasteiger partial charge in [0.1, 0.15) is 11.5 Å². The summed E-state index contributed by atoms with van der Waals surface area (Å²) in [6, 6.07) is 5.85. The largest absolute Gasteiger partial charge is 0.497 e. The minimum Gasteiger partial charge on any atom is -0.497 e. The van der Waals surface area contributed by atoms with Crippen LogP contribution in [0.1, 0.15) is 12.0 Å². The van der Waals surface area contributed by atoms with Gasteiger partial charge >= 0.3 is 0 Å². The molecule has 0 radical (unpaired) electrons. The highest BCUT2D eigenvalue weighted by Gasteiger charge is 2.01. The smallest absolute Gasteiger partial charge is 0.122 e. The van der Waals surface area contributed by atoms with Crippen LogP contribution in [0.3, 0.4) is 0 Å². The fourth-order valence-corrected chi connectivity index (χ4v) is 1.61. The zero-order chi connectivity index (χ0) is 13.9. The van der Waals surface area contributed by atoms with E-state index in [4.69, 9.17) is 14.2 Å². The molecule has 0 aliphatic carbocycles. The third kappa shape index (κ3) is 6.27. The molecular formula is C15H23NO3. The van der Waals surface area contributed by atoms with Gasteiger partial charge in [0.05, 0.1) is 27.4 Å². The molecule has 1 rings (SSSR count). The van der Waals surface area contributed by atoms with Crippen LogP contribution in [-0.2, 0) is 11.3 Å². The number of methoxy groups -OCH3 is 2. The molecule has 0 amide bonds. The summed E-state index contributed by atoms with van der Waals surface area (Å²) >= 11 is 0. The van der Waals surface area contributed by atoms with Gasteiger partial charge in [0.15, 0.2) is 0 Å². The molecule has 1 aromatic rings. The third-order valence-corrected chi connectivity index (χ3v) is 2.63. The Morgan fingerprint density at radius 2 is 1.79 bits per heavy atom. The number of benzene rings is 1. The molecule has 0 aromatic heterocycles. The van der Waals surface area contributed by atoms with Gasteiger partial charge in [-0.15, -0.1) is 6.58 Å². The molecule has 0 atom stereocenters. The van der Waals surface area contributed by atoms with Gasteiger partial charge in [0.25, 0.3) is 0 Å². The van der Waals surface area contributed by atoms with Crippen LogP contribution in [0.4, 0.5) is 0 Å². The molecule has 0 saturated heterocycles. The van der Waals surface area contributed by atoms with Crippen LogP contribution in [0.15, 0.2) is 30.9 Å². The summed E-state index contributed by atoms with van der Waals surface area (Å²) in [6.45, 7) is 6.66. The van der Waals surface area contributed by atoms with Crippen LogP contribution in [0.2, 0.25) is 0 Å². The molecule has 0 saturated carbocycles. The molecule has 1 N–H and O–H groups in total. The van der Waals surface area contributed by atoms with Crippen molar-refractivity contribution in [2.75, 3.05) is 34.0 Å². The second-order valence-corrected chi connectivity index (χ2v) is 4.09. The maximum absolute atomic E-state index is 5.42. The van der Waals surface area contributed by atoms with Crippen molar-refractivity contribution in [3.63, 3.8) is 0 Å². The molecule has 0 spiro atoms. The summed E-state index contributed by atoms with van der Waals surface area (Å²) in [5.74, 6) is 1.61. The molecular weight excluding hydrogens is 242 g/mol. The van der Waals surface area contributed by atoms with E-state index in [-0.39, 0.29) is 0 Å². The molecule has 0 heterocycles. The highest BCUT2D eigenvalue weighted by atomic mass is 16.5. The Balaban J connectivity index is 2.30. The molecule has 0 unspecified atom stereocenters. The van der Waals surface area contributed by atoms with Crippen LogP contribution in [-0.4, -0.2) is 34.0 Å². The topological polar surface area (TPSA) is 39.7 Å². The highest BCUT2D eigenvalue weighted by Crippen LogP contribution is 2.22. The van der Waals surface area contributed by atoms with Crippen molar-refractivity contribution in [2.45, 2.75) is 13.0 Å². The molecule has 4 heteroatoms. The number of rotatable bonds is 10. The van der Waals surface area contributed by atoms with Gasteiger partial charge < -0.3 is 19.5 Å². The fourth-order valence-electron chi connectivity index (χ4n) is 1.61. The summed E-state index contributed by atoms with van der Waals surface area (Å²) < 4.78 is 15.9. The van der Waals surface area contributed by atoms with Crippen LogP contribution < -0.4 is 14.8 Å². The predicted molar refractivity (Wildman–Crippen MR) is 76.9 cm³/mol. The van der Waals surface area contributed by atoms with Crippen molar-refractivity contribution in [2.24, 2.45) is 0 Å². The van der Waals surface area contributed by atoms with Crippen molar-refractivity contribution in [3.05, 3.63) is 36.4 Å². The Bertz CT molecular complexity index is 357. The van der Waals surface area contributed by atoms with Crippen LogP contribution in [0.25, 0.3) is 0 Å². The lowest BCUT2D eigenvalue weighted by Crippen LogP contribution is -2.19. The first-order valence-corrected chi connectivity index (χ1v) is 6.41. The average molecular weight is 265 g/mol. The van der Waals surface area contributed by atoms with Crippen LogP contribution in [0, 0.1) is 0 Å². The first-order chi connectivity index (χ1) is 9.30. The van der Waals surface area contributed by atoms with Gasteiger partial charge in [-0.05, 0) is 24.1 Å².